The summed E-state index contributed by atoms with van der Waals surface area (Å²) in [5, 5.41) is 9.63. The molecule has 0 aliphatic rings. The first-order valence-electron chi connectivity index (χ1n) is 5.98. The summed E-state index contributed by atoms with van der Waals surface area (Å²) < 4.78 is 5.56. The number of aliphatic carboxylic acids is 1. The summed E-state index contributed by atoms with van der Waals surface area (Å²) in [7, 11) is 0. The predicted octanol–water partition coefficient (Wildman–Crippen LogP) is 4.07. The van der Waals surface area contributed by atoms with Gasteiger partial charge in [-0.05, 0) is 30.3 Å². The number of carbonyl (C=O) groups is 1. The third kappa shape index (κ3) is 4.77. The molecule has 1 heterocycles. The summed E-state index contributed by atoms with van der Waals surface area (Å²) >= 11 is 11.9. The van der Waals surface area contributed by atoms with E-state index in [2.05, 4.69) is 4.98 Å². The van der Waals surface area contributed by atoms with Gasteiger partial charge >= 0.3 is 5.97 Å². The van der Waals surface area contributed by atoms with Crippen molar-refractivity contribution < 1.29 is 14.6 Å². The molecule has 2 rings (SSSR count). The van der Waals surface area contributed by atoms with Gasteiger partial charge in [0.25, 0.3) is 0 Å². The van der Waals surface area contributed by atoms with Gasteiger partial charge in [-0.2, -0.15) is 0 Å². The Kier molecular flexibility index (Phi) is 5.20. The van der Waals surface area contributed by atoms with E-state index in [9.17, 15) is 4.79 Å². The number of aromatic nitrogens is 1. The maximum atomic E-state index is 10.4. The highest BCUT2D eigenvalue weighted by molar-refractivity contribution is 6.35. The Labute approximate surface area is 131 Å². The molecule has 0 aliphatic carbocycles. The molecule has 0 fully saturated rings. The first-order chi connectivity index (χ1) is 10.0. The van der Waals surface area contributed by atoms with Crippen molar-refractivity contribution in [1.82, 2.24) is 4.98 Å². The lowest BCUT2D eigenvalue weighted by atomic mass is 10.2. The molecule has 6 heteroatoms. The number of rotatable bonds is 5. The van der Waals surface area contributed by atoms with E-state index in [1.165, 1.54) is 12.3 Å². The number of pyridine rings is 1. The molecule has 0 amide bonds. The van der Waals surface area contributed by atoms with Gasteiger partial charge in [0.05, 0.1) is 11.9 Å². The molecular formula is C15H11Cl2NO3. The molecule has 2 aromatic rings. The summed E-state index contributed by atoms with van der Waals surface area (Å²) in [5.41, 5.74) is 1.35. The number of carboxylic acid groups (broad SMARTS) is 1. The van der Waals surface area contributed by atoms with Crippen LogP contribution in [-0.2, 0) is 11.4 Å². The number of hydrogen-bond donors (Lipinski definition) is 1. The number of hydrogen-bond acceptors (Lipinski definition) is 3. The fourth-order valence-electron chi connectivity index (χ4n) is 1.53. The molecule has 0 radical (unpaired) electrons. The van der Waals surface area contributed by atoms with E-state index in [0.29, 0.717) is 28.1 Å². The van der Waals surface area contributed by atoms with Crippen LogP contribution in [0.3, 0.4) is 0 Å². The number of nitrogens with zero attached hydrogens (tertiary/aromatic N) is 1. The van der Waals surface area contributed by atoms with E-state index in [1.807, 2.05) is 0 Å². The molecule has 0 spiro atoms. The molecule has 1 N–H and O–H groups in total. The molecule has 0 saturated heterocycles. The van der Waals surface area contributed by atoms with Crippen molar-refractivity contribution in [3.05, 3.63) is 63.9 Å². The summed E-state index contributed by atoms with van der Waals surface area (Å²) in [5.74, 6) is -0.456. The van der Waals surface area contributed by atoms with Crippen LogP contribution in [0.1, 0.15) is 11.3 Å². The number of carboxylic acids is 1. The average Bonchev–Trinajstić information content (AvgIpc) is 2.45. The van der Waals surface area contributed by atoms with Crippen molar-refractivity contribution in [1.29, 1.82) is 0 Å². The van der Waals surface area contributed by atoms with Gasteiger partial charge in [-0.3, -0.25) is 4.98 Å². The maximum Gasteiger partial charge on any atom is 0.328 e. The number of ether oxygens (including phenoxy) is 1. The highest BCUT2D eigenvalue weighted by Crippen LogP contribution is 2.22. The Morgan fingerprint density at radius 2 is 2.10 bits per heavy atom. The van der Waals surface area contributed by atoms with Crippen LogP contribution in [0.4, 0.5) is 0 Å². The second-order valence-electron chi connectivity index (χ2n) is 4.11. The number of benzene rings is 1. The van der Waals surface area contributed by atoms with Gasteiger partial charge in [0.15, 0.2) is 0 Å². The summed E-state index contributed by atoms with van der Waals surface area (Å²) in [6.07, 6.45) is 3.95. The zero-order valence-electron chi connectivity index (χ0n) is 10.8. The van der Waals surface area contributed by atoms with Crippen molar-refractivity contribution in [2.75, 3.05) is 0 Å². The lowest BCUT2D eigenvalue weighted by Gasteiger charge is -2.08. The SMILES string of the molecule is O=C(O)C=Cc1ccc(OCc2ccc(Cl)cc2Cl)cn1. The topological polar surface area (TPSA) is 59.4 Å². The minimum atomic E-state index is -1.02. The molecule has 0 atom stereocenters. The Bertz CT molecular complexity index is 669. The third-order valence-electron chi connectivity index (χ3n) is 2.57. The molecular weight excluding hydrogens is 313 g/mol. The van der Waals surface area contributed by atoms with Crippen LogP contribution in [0.15, 0.2) is 42.6 Å². The third-order valence-corrected chi connectivity index (χ3v) is 3.15. The molecule has 21 heavy (non-hydrogen) atoms. The summed E-state index contributed by atoms with van der Waals surface area (Å²) in [6, 6.07) is 8.56. The van der Waals surface area contributed by atoms with E-state index in [0.717, 1.165) is 11.6 Å². The molecule has 108 valence electrons. The fraction of sp³-hybridized carbons (Fsp3) is 0.0667. The van der Waals surface area contributed by atoms with Gasteiger partial charge in [0.2, 0.25) is 0 Å². The largest absolute Gasteiger partial charge is 0.487 e. The van der Waals surface area contributed by atoms with Crippen LogP contribution in [0, 0.1) is 0 Å². The molecule has 1 aromatic carbocycles. The van der Waals surface area contributed by atoms with Gasteiger partial charge in [0.1, 0.15) is 12.4 Å². The van der Waals surface area contributed by atoms with E-state index in [-0.39, 0.29) is 0 Å². The van der Waals surface area contributed by atoms with Crippen molar-refractivity contribution >= 4 is 35.2 Å². The van der Waals surface area contributed by atoms with Crippen LogP contribution in [0.2, 0.25) is 10.0 Å². The lowest BCUT2D eigenvalue weighted by Crippen LogP contribution is -1.97. The lowest BCUT2D eigenvalue weighted by molar-refractivity contribution is -0.131. The Balaban J connectivity index is 1.99. The molecule has 4 nitrogen and oxygen atoms in total. The van der Waals surface area contributed by atoms with E-state index in [4.69, 9.17) is 33.0 Å². The Morgan fingerprint density at radius 3 is 2.71 bits per heavy atom. The first-order valence-corrected chi connectivity index (χ1v) is 6.74. The highest BCUT2D eigenvalue weighted by atomic mass is 35.5. The van der Waals surface area contributed by atoms with Gasteiger partial charge < -0.3 is 9.84 Å². The van der Waals surface area contributed by atoms with Crippen molar-refractivity contribution in [2.24, 2.45) is 0 Å². The van der Waals surface area contributed by atoms with Crippen LogP contribution < -0.4 is 4.74 Å². The zero-order valence-corrected chi connectivity index (χ0v) is 12.3. The van der Waals surface area contributed by atoms with Gasteiger partial charge in [0, 0.05) is 21.7 Å². The second kappa shape index (κ2) is 7.11. The Hall–Kier alpha value is -2.04. The van der Waals surface area contributed by atoms with Crippen LogP contribution in [0.25, 0.3) is 6.08 Å². The molecule has 0 aliphatic heterocycles. The first kappa shape index (κ1) is 15.4. The van der Waals surface area contributed by atoms with E-state index in [1.54, 1.807) is 30.3 Å². The van der Waals surface area contributed by atoms with Crippen molar-refractivity contribution in [3.63, 3.8) is 0 Å². The standard InChI is InChI=1S/C15H11Cl2NO3/c16-11-2-1-10(14(17)7-11)9-21-13-5-3-12(18-8-13)4-6-15(19)20/h1-8H,9H2,(H,19,20). The van der Waals surface area contributed by atoms with Gasteiger partial charge in [-0.25, -0.2) is 4.79 Å². The van der Waals surface area contributed by atoms with E-state index < -0.39 is 5.97 Å². The normalized spacial score (nSPS) is 10.8. The van der Waals surface area contributed by atoms with E-state index >= 15 is 0 Å². The monoisotopic (exact) mass is 323 g/mol. The predicted molar refractivity (Wildman–Crippen MR) is 81.7 cm³/mol. The van der Waals surface area contributed by atoms with Crippen LogP contribution in [0.5, 0.6) is 5.75 Å². The average molecular weight is 324 g/mol. The van der Waals surface area contributed by atoms with Crippen molar-refractivity contribution in [2.45, 2.75) is 6.61 Å². The number of halogens is 2. The van der Waals surface area contributed by atoms with Crippen molar-refractivity contribution in [3.8, 4) is 5.75 Å². The van der Waals surface area contributed by atoms with Gasteiger partial charge in [-0.15, -0.1) is 0 Å². The molecule has 0 unspecified atom stereocenters. The Morgan fingerprint density at radius 1 is 1.29 bits per heavy atom. The maximum absolute atomic E-state index is 10.4. The van der Waals surface area contributed by atoms with Crippen LogP contribution in [-0.4, -0.2) is 16.1 Å². The fourth-order valence-corrected chi connectivity index (χ4v) is 2.00. The molecule has 0 bridgehead atoms. The molecule has 1 aromatic heterocycles. The zero-order chi connectivity index (χ0) is 15.2. The summed E-state index contributed by atoms with van der Waals surface area (Å²) in [6.45, 7) is 0.294. The smallest absolute Gasteiger partial charge is 0.328 e. The van der Waals surface area contributed by atoms with Crippen LogP contribution >= 0.6 is 23.2 Å². The second-order valence-corrected chi connectivity index (χ2v) is 4.96. The quantitative estimate of drug-likeness (QED) is 0.843. The van der Waals surface area contributed by atoms with Gasteiger partial charge in [-0.1, -0.05) is 29.3 Å². The highest BCUT2D eigenvalue weighted by Gasteiger charge is 2.03. The minimum Gasteiger partial charge on any atom is -0.487 e. The molecule has 0 saturated carbocycles. The minimum absolute atomic E-state index is 0.294. The summed E-state index contributed by atoms with van der Waals surface area (Å²) in [4.78, 5) is 14.5.